The molecule has 2 nitrogen and oxygen atoms in total. The highest BCUT2D eigenvalue weighted by atomic mass is 28.3. The second-order valence-electron chi connectivity index (χ2n) is 9.56. The summed E-state index contributed by atoms with van der Waals surface area (Å²) in [5, 5.41) is 0.439. The topological polar surface area (TPSA) is 12.5 Å². The Kier molecular flexibility index (Phi) is 5.97. The molecule has 21 heavy (non-hydrogen) atoms. The van der Waals surface area contributed by atoms with Gasteiger partial charge in [0.15, 0.2) is 0 Å². The van der Waals surface area contributed by atoms with E-state index in [1.807, 2.05) is 0 Å². The van der Waals surface area contributed by atoms with Crippen molar-refractivity contribution in [3.63, 3.8) is 0 Å². The van der Waals surface area contributed by atoms with Gasteiger partial charge in [-0.15, -0.1) is 0 Å². The van der Waals surface area contributed by atoms with Crippen LogP contribution in [-0.4, -0.2) is 40.5 Å². The summed E-state index contributed by atoms with van der Waals surface area (Å²) in [6.07, 6.45) is 2.98. The van der Waals surface area contributed by atoms with Crippen molar-refractivity contribution in [2.45, 2.75) is 97.8 Å². The molecule has 0 aromatic carbocycles. The fourth-order valence-electron chi connectivity index (χ4n) is 2.96. The van der Waals surface area contributed by atoms with E-state index in [9.17, 15) is 0 Å². The molecule has 0 spiro atoms. The van der Waals surface area contributed by atoms with Gasteiger partial charge >= 0.3 is 0 Å². The Morgan fingerprint density at radius 1 is 1.14 bits per heavy atom. The van der Waals surface area contributed by atoms with Gasteiger partial charge in [-0.2, -0.15) is 0 Å². The highest BCUT2D eigenvalue weighted by molar-refractivity contribution is 6.77. The Bertz CT molecular complexity index is 342. The molecule has 1 aliphatic rings. The third-order valence-electron chi connectivity index (χ3n) is 5.53. The predicted molar refractivity (Wildman–Crippen MR) is 98.7 cm³/mol. The average molecular weight is 329 g/mol. The molecule has 0 aliphatic carbocycles. The van der Waals surface area contributed by atoms with Crippen LogP contribution in [-0.2, 0) is 4.43 Å². The van der Waals surface area contributed by atoms with Crippen LogP contribution < -0.4 is 0 Å². The molecule has 1 aliphatic heterocycles. The first-order chi connectivity index (χ1) is 9.26. The number of rotatable bonds is 5. The summed E-state index contributed by atoms with van der Waals surface area (Å²) < 4.78 is 9.21. The van der Waals surface area contributed by atoms with Crippen LogP contribution >= 0.6 is 0 Å². The van der Waals surface area contributed by atoms with E-state index >= 15 is 0 Å². The van der Waals surface area contributed by atoms with Gasteiger partial charge in [-0.1, -0.05) is 54.6 Å². The van der Waals surface area contributed by atoms with Crippen LogP contribution in [0.3, 0.4) is 0 Å². The van der Waals surface area contributed by atoms with Gasteiger partial charge in [-0.25, -0.2) is 0 Å². The minimum Gasteiger partial charge on any atom is -0.414 e. The summed E-state index contributed by atoms with van der Waals surface area (Å²) in [5.41, 5.74) is 0.247. The summed E-state index contributed by atoms with van der Waals surface area (Å²) in [6.45, 7) is 25.2. The molecule has 0 aromatic heterocycles. The van der Waals surface area contributed by atoms with Crippen molar-refractivity contribution in [2.75, 3.05) is 6.54 Å². The molecule has 1 radical (unpaired) electrons. The summed E-state index contributed by atoms with van der Waals surface area (Å²) in [5.74, 6) is 0. The number of hydrogen-bond acceptors (Lipinski definition) is 2. The summed E-state index contributed by atoms with van der Waals surface area (Å²) in [6, 6.07) is 0.747. The van der Waals surface area contributed by atoms with Crippen molar-refractivity contribution in [3.05, 3.63) is 0 Å². The van der Waals surface area contributed by atoms with Crippen LogP contribution in [0.15, 0.2) is 0 Å². The monoisotopic (exact) mass is 328 g/mol. The average Bonchev–Trinajstić information content (AvgIpc) is 2.17. The lowest BCUT2D eigenvalue weighted by Crippen LogP contribution is -2.66. The molecule has 0 bridgehead atoms. The van der Waals surface area contributed by atoms with Gasteiger partial charge in [-0.05, 0) is 42.9 Å². The number of hydrogen-bond donors (Lipinski definition) is 0. The zero-order chi connectivity index (χ0) is 16.6. The molecule has 2 atom stereocenters. The minimum absolute atomic E-state index is 0.247. The first-order valence-corrected chi connectivity index (χ1v) is 13.9. The van der Waals surface area contributed by atoms with E-state index in [4.69, 9.17) is 4.43 Å². The van der Waals surface area contributed by atoms with Crippen LogP contribution in [0.4, 0.5) is 0 Å². The van der Waals surface area contributed by atoms with E-state index in [1.165, 1.54) is 19.4 Å². The Morgan fingerprint density at radius 3 is 1.95 bits per heavy atom. The SMILES string of the molecule is C[Si](C)OC(C[C@H]1CCN1[Si](C)(C)C(C)(C)C)C(C)(C)C. The Hall–Kier alpha value is 0.354. The molecular formula is C17H38NOSi2. The van der Waals surface area contributed by atoms with E-state index in [0.29, 0.717) is 11.1 Å². The van der Waals surface area contributed by atoms with Crippen molar-refractivity contribution in [1.29, 1.82) is 0 Å². The van der Waals surface area contributed by atoms with E-state index in [0.717, 1.165) is 6.04 Å². The van der Waals surface area contributed by atoms with Gasteiger partial charge in [0.05, 0.1) is 6.10 Å². The maximum Gasteiger partial charge on any atom is 0.205 e. The van der Waals surface area contributed by atoms with Gasteiger partial charge in [0.2, 0.25) is 9.04 Å². The van der Waals surface area contributed by atoms with Gasteiger partial charge in [0.1, 0.15) is 8.24 Å². The first kappa shape index (κ1) is 19.4. The minimum atomic E-state index is -1.36. The Labute approximate surface area is 136 Å². The Balaban J connectivity index is 2.78. The molecule has 1 unspecified atom stereocenters. The van der Waals surface area contributed by atoms with E-state index in [1.54, 1.807) is 0 Å². The predicted octanol–water partition coefficient (Wildman–Crippen LogP) is 5.14. The number of nitrogens with zero attached hydrogens (tertiary/aromatic N) is 1. The van der Waals surface area contributed by atoms with Crippen LogP contribution in [0.5, 0.6) is 0 Å². The zero-order valence-electron chi connectivity index (χ0n) is 16.1. The van der Waals surface area contributed by atoms with Gasteiger partial charge in [-0.3, -0.25) is 0 Å². The van der Waals surface area contributed by atoms with Crippen molar-refractivity contribution in [3.8, 4) is 0 Å². The van der Waals surface area contributed by atoms with Gasteiger partial charge in [0.25, 0.3) is 0 Å². The summed E-state index contributed by atoms with van der Waals surface area (Å²) >= 11 is 0. The van der Waals surface area contributed by atoms with Crippen molar-refractivity contribution in [1.82, 2.24) is 4.57 Å². The lowest BCUT2D eigenvalue weighted by Gasteiger charge is -2.56. The quantitative estimate of drug-likeness (QED) is 0.648. The van der Waals surface area contributed by atoms with Crippen molar-refractivity contribution in [2.24, 2.45) is 5.41 Å². The fraction of sp³-hybridized carbons (Fsp3) is 1.00. The molecular weight excluding hydrogens is 290 g/mol. The largest absolute Gasteiger partial charge is 0.414 e. The van der Waals surface area contributed by atoms with E-state index in [2.05, 4.69) is 72.3 Å². The lowest BCUT2D eigenvalue weighted by atomic mass is 9.83. The van der Waals surface area contributed by atoms with Crippen molar-refractivity contribution >= 4 is 17.3 Å². The molecule has 125 valence electrons. The van der Waals surface area contributed by atoms with E-state index in [-0.39, 0.29) is 5.41 Å². The highest BCUT2D eigenvalue weighted by Gasteiger charge is 2.48. The van der Waals surface area contributed by atoms with E-state index < -0.39 is 17.3 Å². The smallest absolute Gasteiger partial charge is 0.205 e. The summed E-state index contributed by atoms with van der Waals surface area (Å²) in [4.78, 5) is 0. The molecule has 1 rings (SSSR count). The maximum absolute atomic E-state index is 6.36. The second kappa shape index (κ2) is 6.46. The molecule has 0 saturated carbocycles. The molecule has 0 aromatic rings. The summed E-state index contributed by atoms with van der Waals surface area (Å²) in [7, 11) is -2.00. The van der Waals surface area contributed by atoms with Crippen LogP contribution in [0.1, 0.15) is 54.4 Å². The fourth-order valence-corrected chi connectivity index (χ4v) is 6.68. The molecule has 1 saturated heterocycles. The lowest BCUT2D eigenvalue weighted by molar-refractivity contribution is 0.0350. The van der Waals surface area contributed by atoms with Crippen LogP contribution in [0, 0.1) is 5.41 Å². The molecule has 1 fully saturated rings. The normalized spacial score (nSPS) is 23.3. The standard InChI is InChI=1S/C17H38NOSi2/c1-16(2,3)15(19-20(7)8)13-14-11-12-18(14)21(9,10)17(4,5)6/h14-15H,11-13H2,1-10H3/t14-,15?/m1/s1. The highest BCUT2D eigenvalue weighted by Crippen LogP contribution is 2.44. The first-order valence-electron chi connectivity index (χ1n) is 8.50. The maximum atomic E-state index is 6.36. The van der Waals surface area contributed by atoms with Gasteiger partial charge < -0.3 is 8.99 Å². The van der Waals surface area contributed by atoms with Crippen LogP contribution in [0.2, 0.25) is 31.2 Å². The van der Waals surface area contributed by atoms with Crippen LogP contribution in [0.25, 0.3) is 0 Å². The third-order valence-corrected chi connectivity index (χ3v) is 12.0. The van der Waals surface area contributed by atoms with Crippen molar-refractivity contribution < 1.29 is 4.43 Å². The molecule has 0 amide bonds. The Morgan fingerprint density at radius 2 is 1.67 bits per heavy atom. The zero-order valence-corrected chi connectivity index (χ0v) is 18.1. The third kappa shape index (κ3) is 4.66. The molecule has 1 heterocycles. The molecule has 4 heteroatoms. The molecule has 0 N–H and O–H groups in total. The second-order valence-corrected chi connectivity index (χ2v) is 16.8. The van der Waals surface area contributed by atoms with Gasteiger partial charge in [0, 0.05) is 6.04 Å².